The first-order valence-corrected chi connectivity index (χ1v) is 5.37. The average Bonchev–Trinajstić information content (AvgIpc) is 2.67. The van der Waals surface area contributed by atoms with E-state index in [4.69, 9.17) is 4.52 Å². The zero-order valence-electron chi connectivity index (χ0n) is 9.58. The fraction of sp³-hybridized carbons (Fsp3) is 0.800. The molecule has 1 fully saturated rings. The average molecular weight is 210 g/mol. The molecule has 0 saturated carbocycles. The Hall–Kier alpha value is -1.10. The predicted octanol–water partition coefficient (Wildman–Crippen LogP) is 0.777. The minimum absolute atomic E-state index is 0.0458. The van der Waals surface area contributed by atoms with Gasteiger partial charge in [0.25, 0.3) is 0 Å². The number of hydrogen-bond acceptors (Lipinski definition) is 5. The standard InChI is InChI=1S/C10H18N4O/c1-10(2,3)8-12-9(15-13-8)14-6-4-11-5-7-14/h11H,4-7H2,1-3H3. The number of aromatic nitrogens is 2. The van der Waals surface area contributed by atoms with Crippen molar-refractivity contribution in [2.75, 3.05) is 31.1 Å². The molecule has 2 heterocycles. The van der Waals surface area contributed by atoms with Crippen LogP contribution < -0.4 is 10.2 Å². The van der Waals surface area contributed by atoms with Gasteiger partial charge in [0.2, 0.25) is 0 Å². The molecule has 0 atom stereocenters. The van der Waals surface area contributed by atoms with Gasteiger partial charge in [-0.15, -0.1) is 0 Å². The fourth-order valence-corrected chi connectivity index (χ4v) is 1.50. The fourth-order valence-electron chi connectivity index (χ4n) is 1.50. The van der Waals surface area contributed by atoms with E-state index in [2.05, 4.69) is 41.1 Å². The van der Waals surface area contributed by atoms with Crippen molar-refractivity contribution < 1.29 is 4.52 Å². The van der Waals surface area contributed by atoms with Gasteiger partial charge in [0.05, 0.1) is 0 Å². The lowest BCUT2D eigenvalue weighted by molar-refractivity contribution is 0.385. The van der Waals surface area contributed by atoms with E-state index < -0.39 is 0 Å². The van der Waals surface area contributed by atoms with Gasteiger partial charge < -0.3 is 14.7 Å². The summed E-state index contributed by atoms with van der Waals surface area (Å²) >= 11 is 0. The third kappa shape index (κ3) is 2.28. The van der Waals surface area contributed by atoms with Gasteiger partial charge in [0, 0.05) is 31.6 Å². The van der Waals surface area contributed by atoms with Crippen molar-refractivity contribution in [2.24, 2.45) is 0 Å². The molecule has 0 aliphatic carbocycles. The summed E-state index contributed by atoms with van der Waals surface area (Å²) in [7, 11) is 0. The van der Waals surface area contributed by atoms with Crippen molar-refractivity contribution in [1.82, 2.24) is 15.5 Å². The topological polar surface area (TPSA) is 54.2 Å². The number of nitrogens with zero attached hydrogens (tertiary/aromatic N) is 3. The van der Waals surface area contributed by atoms with Crippen LogP contribution in [0.25, 0.3) is 0 Å². The summed E-state index contributed by atoms with van der Waals surface area (Å²) in [6, 6.07) is 0.654. The Labute approximate surface area is 89.8 Å². The Morgan fingerprint density at radius 3 is 2.47 bits per heavy atom. The highest BCUT2D eigenvalue weighted by molar-refractivity contribution is 5.26. The summed E-state index contributed by atoms with van der Waals surface area (Å²) in [6.45, 7) is 10.1. The molecule has 0 spiro atoms. The van der Waals surface area contributed by atoms with Crippen LogP contribution in [0.15, 0.2) is 4.52 Å². The van der Waals surface area contributed by atoms with Gasteiger partial charge in [0.15, 0.2) is 5.82 Å². The van der Waals surface area contributed by atoms with Crippen molar-refractivity contribution in [3.05, 3.63) is 5.82 Å². The third-order valence-corrected chi connectivity index (χ3v) is 2.47. The van der Waals surface area contributed by atoms with Crippen LogP contribution in [-0.2, 0) is 5.41 Å². The molecular formula is C10H18N4O. The van der Waals surface area contributed by atoms with Gasteiger partial charge in [-0.05, 0) is 0 Å². The Morgan fingerprint density at radius 1 is 1.27 bits per heavy atom. The van der Waals surface area contributed by atoms with Crippen LogP contribution in [0.2, 0.25) is 0 Å². The molecule has 1 aliphatic rings. The van der Waals surface area contributed by atoms with E-state index in [9.17, 15) is 0 Å². The van der Waals surface area contributed by atoms with Gasteiger partial charge in [0.1, 0.15) is 0 Å². The highest BCUT2D eigenvalue weighted by atomic mass is 16.5. The van der Waals surface area contributed by atoms with E-state index >= 15 is 0 Å². The first-order valence-electron chi connectivity index (χ1n) is 5.37. The minimum Gasteiger partial charge on any atom is -0.322 e. The zero-order valence-corrected chi connectivity index (χ0v) is 9.58. The van der Waals surface area contributed by atoms with Gasteiger partial charge in [-0.1, -0.05) is 25.9 Å². The Kier molecular flexibility index (Phi) is 2.65. The molecule has 1 aromatic heterocycles. The smallest absolute Gasteiger partial charge is 0.322 e. The zero-order chi connectivity index (χ0) is 10.9. The maximum absolute atomic E-state index is 5.27. The lowest BCUT2D eigenvalue weighted by Crippen LogP contribution is -2.43. The van der Waals surface area contributed by atoms with Crippen molar-refractivity contribution in [2.45, 2.75) is 26.2 Å². The lowest BCUT2D eigenvalue weighted by Gasteiger charge is -2.24. The molecular weight excluding hydrogens is 192 g/mol. The first-order chi connectivity index (χ1) is 7.07. The van der Waals surface area contributed by atoms with Gasteiger partial charge >= 0.3 is 6.01 Å². The maximum Gasteiger partial charge on any atom is 0.324 e. The van der Waals surface area contributed by atoms with E-state index in [-0.39, 0.29) is 5.41 Å². The van der Waals surface area contributed by atoms with Crippen LogP contribution >= 0.6 is 0 Å². The lowest BCUT2D eigenvalue weighted by atomic mass is 9.96. The van der Waals surface area contributed by atoms with Crippen LogP contribution in [0.5, 0.6) is 0 Å². The summed E-state index contributed by atoms with van der Waals surface area (Å²) < 4.78 is 5.27. The molecule has 5 nitrogen and oxygen atoms in total. The van der Waals surface area contributed by atoms with Crippen LogP contribution in [0.4, 0.5) is 6.01 Å². The summed E-state index contributed by atoms with van der Waals surface area (Å²) in [5.41, 5.74) is -0.0458. The Bertz CT molecular complexity index is 322. The quantitative estimate of drug-likeness (QED) is 0.742. The molecule has 1 N–H and O–H groups in total. The number of rotatable bonds is 1. The van der Waals surface area contributed by atoms with E-state index in [0.717, 1.165) is 32.0 Å². The molecule has 0 unspecified atom stereocenters. The number of anilines is 1. The van der Waals surface area contributed by atoms with Crippen LogP contribution in [0.3, 0.4) is 0 Å². The van der Waals surface area contributed by atoms with Crippen molar-refractivity contribution in [3.8, 4) is 0 Å². The molecule has 1 saturated heterocycles. The third-order valence-electron chi connectivity index (χ3n) is 2.47. The molecule has 84 valence electrons. The summed E-state index contributed by atoms with van der Waals surface area (Å²) in [5, 5.41) is 7.30. The molecule has 0 aromatic carbocycles. The van der Waals surface area contributed by atoms with Crippen molar-refractivity contribution in [3.63, 3.8) is 0 Å². The molecule has 2 rings (SSSR count). The molecule has 5 heteroatoms. The normalized spacial score (nSPS) is 18.2. The minimum atomic E-state index is -0.0458. The first kappa shape index (κ1) is 10.4. The monoisotopic (exact) mass is 210 g/mol. The summed E-state index contributed by atoms with van der Waals surface area (Å²) in [4.78, 5) is 6.55. The highest BCUT2D eigenvalue weighted by Crippen LogP contribution is 2.21. The second-order valence-corrected chi connectivity index (χ2v) is 4.89. The number of nitrogens with one attached hydrogen (secondary N) is 1. The van der Waals surface area contributed by atoms with E-state index in [0.29, 0.717) is 6.01 Å². The van der Waals surface area contributed by atoms with Crippen LogP contribution in [-0.4, -0.2) is 36.3 Å². The van der Waals surface area contributed by atoms with Gasteiger partial charge in [-0.3, -0.25) is 0 Å². The van der Waals surface area contributed by atoms with Crippen LogP contribution in [0, 0.1) is 0 Å². The Balaban J connectivity index is 2.12. The van der Waals surface area contributed by atoms with E-state index in [1.54, 1.807) is 0 Å². The summed E-state index contributed by atoms with van der Waals surface area (Å²) in [5.74, 6) is 0.774. The predicted molar refractivity (Wildman–Crippen MR) is 58.1 cm³/mol. The maximum atomic E-state index is 5.27. The highest BCUT2D eigenvalue weighted by Gasteiger charge is 2.23. The van der Waals surface area contributed by atoms with E-state index in [1.165, 1.54) is 0 Å². The van der Waals surface area contributed by atoms with Crippen molar-refractivity contribution >= 4 is 6.01 Å². The molecule has 0 bridgehead atoms. The number of hydrogen-bond donors (Lipinski definition) is 1. The molecule has 15 heavy (non-hydrogen) atoms. The largest absolute Gasteiger partial charge is 0.324 e. The second-order valence-electron chi connectivity index (χ2n) is 4.89. The molecule has 1 aromatic rings. The number of piperazine rings is 1. The Morgan fingerprint density at radius 2 is 1.93 bits per heavy atom. The molecule has 0 amide bonds. The summed E-state index contributed by atoms with van der Waals surface area (Å²) in [6.07, 6.45) is 0. The van der Waals surface area contributed by atoms with Gasteiger partial charge in [-0.25, -0.2) is 0 Å². The van der Waals surface area contributed by atoms with Gasteiger partial charge in [-0.2, -0.15) is 4.98 Å². The van der Waals surface area contributed by atoms with Crippen molar-refractivity contribution in [1.29, 1.82) is 0 Å². The van der Waals surface area contributed by atoms with E-state index in [1.807, 2.05) is 0 Å². The molecule has 0 radical (unpaired) electrons. The molecule has 1 aliphatic heterocycles. The second kappa shape index (κ2) is 3.81. The van der Waals surface area contributed by atoms with Crippen LogP contribution in [0.1, 0.15) is 26.6 Å². The SMILES string of the molecule is CC(C)(C)c1noc(N2CCNCC2)n1.